The minimum absolute atomic E-state index is 0.0706. The lowest BCUT2D eigenvalue weighted by atomic mass is 10.0. The van der Waals surface area contributed by atoms with Crippen molar-refractivity contribution in [1.82, 2.24) is 5.32 Å². The molecule has 2 atom stereocenters. The van der Waals surface area contributed by atoms with E-state index in [0.717, 1.165) is 4.47 Å². The van der Waals surface area contributed by atoms with Gasteiger partial charge in [0, 0.05) is 23.0 Å². The summed E-state index contributed by atoms with van der Waals surface area (Å²) in [6.45, 7) is 1.75. The number of amides is 2. The topological polar surface area (TPSA) is 105 Å². The predicted molar refractivity (Wildman–Crippen MR) is 112 cm³/mol. The maximum Gasteiger partial charge on any atom is 0.331 e. The van der Waals surface area contributed by atoms with Crippen molar-refractivity contribution in [3.63, 3.8) is 0 Å². The fraction of sp³-hybridized carbons (Fsp3) is 0.286. The quantitative estimate of drug-likeness (QED) is 0.496. The zero-order valence-corrected chi connectivity index (χ0v) is 17.5. The van der Waals surface area contributed by atoms with Gasteiger partial charge in [0.25, 0.3) is 0 Å². The lowest BCUT2D eigenvalue weighted by Crippen LogP contribution is -2.46. The van der Waals surface area contributed by atoms with Gasteiger partial charge in [0.15, 0.2) is 6.04 Å². The van der Waals surface area contributed by atoms with Crippen molar-refractivity contribution < 1.29 is 24.2 Å². The first-order valence-corrected chi connectivity index (χ1v) is 9.94. The van der Waals surface area contributed by atoms with Gasteiger partial charge in [-0.3, -0.25) is 9.59 Å². The maximum atomic E-state index is 12.3. The van der Waals surface area contributed by atoms with Crippen molar-refractivity contribution in [1.29, 1.82) is 0 Å². The van der Waals surface area contributed by atoms with E-state index in [1.807, 2.05) is 0 Å². The first-order chi connectivity index (χ1) is 13.9. The minimum Gasteiger partial charge on any atom is -0.464 e. The van der Waals surface area contributed by atoms with E-state index in [4.69, 9.17) is 4.74 Å². The van der Waals surface area contributed by atoms with Crippen LogP contribution in [0.15, 0.2) is 59.1 Å². The Bertz CT molecular complexity index is 827. The summed E-state index contributed by atoms with van der Waals surface area (Å²) in [5.41, 5.74) is 1.08. The average Bonchev–Trinajstić information content (AvgIpc) is 2.72. The van der Waals surface area contributed by atoms with Crippen LogP contribution < -0.4 is 10.6 Å². The molecule has 0 aliphatic rings. The number of aliphatic hydroxyl groups excluding tert-OH is 1. The van der Waals surface area contributed by atoms with Gasteiger partial charge in [-0.2, -0.15) is 0 Å². The van der Waals surface area contributed by atoms with Crippen molar-refractivity contribution in [2.75, 3.05) is 11.9 Å². The van der Waals surface area contributed by atoms with Gasteiger partial charge < -0.3 is 20.5 Å². The molecule has 2 rings (SSSR count). The van der Waals surface area contributed by atoms with Gasteiger partial charge in [-0.15, -0.1) is 0 Å². The second kappa shape index (κ2) is 11.3. The molecule has 3 N–H and O–H groups in total. The third-order valence-electron chi connectivity index (χ3n) is 4.02. The Labute approximate surface area is 177 Å². The van der Waals surface area contributed by atoms with Crippen LogP contribution >= 0.6 is 15.9 Å². The summed E-state index contributed by atoms with van der Waals surface area (Å²) in [7, 11) is 0. The van der Waals surface area contributed by atoms with E-state index < -0.39 is 24.0 Å². The van der Waals surface area contributed by atoms with Crippen molar-refractivity contribution in [2.24, 2.45) is 0 Å². The van der Waals surface area contributed by atoms with Crippen LogP contribution in [0.4, 0.5) is 5.69 Å². The first-order valence-electron chi connectivity index (χ1n) is 9.15. The van der Waals surface area contributed by atoms with Crippen LogP contribution in [0, 0.1) is 0 Å². The second-order valence-corrected chi connectivity index (χ2v) is 7.12. The fourth-order valence-corrected chi connectivity index (χ4v) is 2.84. The molecule has 0 unspecified atom stereocenters. The normalized spacial score (nSPS) is 12.5. The number of halogens is 1. The highest BCUT2D eigenvalue weighted by atomic mass is 79.9. The van der Waals surface area contributed by atoms with Gasteiger partial charge >= 0.3 is 5.97 Å². The number of benzene rings is 2. The number of ether oxygens (including phenoxy) is 1. The third kappa shape index (κ3) is 7.32. The number of aliphatic hydroxyl groups is 1. The molecule has 7 nitrogen and oxygen atoms in total. The highest BCUT2D eigenvalue weighted by molar-refractivity contribution is 9.10. The van der Waals surface area contributed by atoms with Crippen molar-refractivity contribution in [3.8, 4) is 0 Å². The molecule has 8 heteroatoms. The smallest absolute Gasteiger partial charge is 0.331 e. The third-order valence-corrected chi connectivity index (χ3v) is 4.55. The Morgan fingerprint density at radius 1 is 1.00 bits per heavy atom. The molecule has 0 radical (unpaired) electrons. The lowest BCUT2D eigenvalue weighted by molar-refractivity contribution is -0.151. The van der Waals surface area contributed by atoms with Crippen molar-refractivity contribution >= 4 is 39.4 Å². The SMILES string of the molecule is CCOC(=O)[C@@H](NC(=O)CCC(=O)Nc1ccc(Br)cc1)[C@@H](O)c1ccccc1. The molecule has 2 amide bonds. The summed E-state index contributed by atoms with van der Waals surface area (Å²) in [4.78, 5) is 36.5. The summed E-state index contributed by atoms with van der Waals surface area (Å²) in [6.07, 6.45) is -1.48. The Morgan fingerprint density at radius 2 is 1.62 bits per heavy atom. The van der Waals surface area contributed by atoms with Crippen LogP contribution in [0.2, 0.25) is 0 Å². The highest BCUT2D eigenvalue weighted by Gasteiger charge is 2.31. The Morgan fingerprint density at radius 3 is 2.24 bits per heavy atom. The number of carbonyl (C=O) groups excluding carboxylic acids is 3. The zero-order chi connectivity index (χ0) is 21.2. The minimum atomic E-state index is -1.27. The lowest BCUT2D eigenvalue weighted by Gasteiger charge is -2.22. The number of rotatable bonds is 9. The summed E-state index contributed by atoms with van der Waals surface area (Å²) < 4.78 is 5.85. The van der Waals surface area contributed by atoms with E-state index in [1.165, 1.54) is 0 Å². The zero-order valence-electron chi connectivity index (χ0n) is 15.9. The summed E-state index contributed by atoms with van der Waals surface area (Å²) in [5, 5.41) is 15.7. The number of carbonyl (C=O) groups is 3. The van der Waals surface area contributed by atoms with E-state index >= 15 is 0 Å². The Kier molecular flexibility index (Phi) is 8.82. The van der Waals surface area contributed by atoms with Crippen molar-refractivity contribution in [3.05, 3.63) is 64.6 Å². The molecule has 2 aromatic carbocycles. The van der Waals surface area contributed by atoms with Gasteiger partial charge in [-0.05, 0) is 36.8 Å². The summed E-state index contributed by atoms with van der Waals surface area (Å²) in [5.74, 6) is -1.61. The van der Waals surface area contributed by atoms with E-state index in [0.29, 0.717) is 11.3 Å². The number of anilines is 1. The number of nitrogens with one attached hydrogen (secondary N) is 2. The fourth-order valence-electron chi connectivity index (χ4n) is 2.57. The molecule has 0 aromatic heterocycles. The Hall–Kier alpha value is -2.71. The average molecular weight is 463 g/mol. The molecule has 0 aliphatic heterocycles. The predicted octanol–water partition coefficient (Wildman–Crippen LogP) is 2.95. The largest absolute Gasteiger partial charge is 0.464 e. The van der Waals surface area contributed by atoms with E-state index in [1.54, 1.807) is 61.5 Å². The first kappa shape index (κ1) is 22.6. The highest BCUT2D eigenvalue weighted by Crippen LogP contribution is 2.18. The molecule has 0 spiro atoms. The number of esters is 1. The molecule has 0 saturated heterocycles. The Balaban J connectivity index is 1.93. The molecule has 0 heterocycles. The van der Waals surface area contributed by atoms with Crippen LogP contribution in [0.25, 0.3) is 0 Å². The van der Waals surface area contributed by atoms with Crippen LogP contribution in [-0.4, -0.2) is 35.5 Å². The molecule has 2 aromatic rings. The van der Waals surface area contributed by atoms with Gasteiger partial charge in [0.05, 0.1) is 6.61 Å². The van der Waals surface area contributed by atoms with Crippen LogP contribution in [0.5, 0.6) is 0 Å². The van der Waals surface area contributed by atoms with Gasteiger partial charge in [-0.25, -0.2) is 4.79 Å². The summed E-state index contributed by atoms with van der Waals surface area (Å²) in [6, 6.07) is 14.3. The van der Waals surface area contributed by atoms with Gasteiger partial charge in [0.2, 0.25) is 11.8 Å². The molecule has 29 heavy (non-hydrogen) atoms. The molecular formula is C21H23BrN2O5. The van der Waals surface area contributed by atoms with Crippen molar-refractivity contribution in [2.45, 2.75) is 31.9 Å². The molecule has 0 aliphatic carbocycles. The van der Waals surface area contributed by atoms with E-state index in [9.17, 15) is 19.5 Å². The molecule has 0 fully saturated rings. The number of hydrogen-bond acceptors (Lipinski definition) is 5. The monoisotopic (exact) mass is 462 g/mol. The molecule has 154 valence electrons. The molecular weight excluding hydrogens is 440 g/mol. The van der Waals surface area contributed by atoms with Crippen LogP contribution in [-0.2, 0) is 19.1 Å². The standard InChI is InChI=1S/C21H23BrN2O5/c1-2-29-21(28)19(20(27)14-6-4-3-5-7-14)24-18(26)13-12-17(25)23-16-10-8-15(22)9-11-16/h3-11,19-20,27H,2,12-13H2,1H3,(H,23,25)(H,24,26)/t19-,20-/m0/s1. The van der Waals surface area contributed by atoms with E-state index in [-0.39, 0.29) is 25.4 Å². The summed E-state index contributed by atoms with van der Waals surface area (Å²) >= 11 is 3.31. The maximum absolute atomic E-state index is 12.3. The van der Waals surface area contributed by atoms with Gasteiger partial charge in [0.1, 0.15) is 6.10 Å². The number of hydrogen-bond donors (Lipinski definition) is 3. The van der Waals surface area contributed by atoms with Crippen LogP contribution in [0.3, 0.4) is 0 Å². The molecule has 0 bridgehead atoms. The second-order valence-electron chi connectivity index (χ2n) is 6.21. The molecule has 0 saturated carbocycles. The van der Waals surface area contributed by atoms with E-state index in [2.05, 4.69) is 26.6 Å². The van der Waals surface area contributed by atoms with Gasteiger partial charge in [-0.1, -0.05) is 46.3 Å². The van der Waals surface area contributed by atoms with Crippen LogP contribution in [0.1, 0.15) is 31.4 Å².